The smallest absolute Gasteiger partial charge is 0.319 e. The Hall–Kier alpha value is -3.42. The van der Waals surface area contributed by atoms with Crippen LogP contribution in [0.15, 0.2) is 48.5 Å². The van der Waals surface area contributed by atoms with Crippen molar-refractivity contribution in [1.82, 2.24) is 10.2 Å². The first-order valence-corrected chi connectivity index (χ1v) is 11.0. The molecule has 2 aromatic rings. The van der Waals surface area contributed by atoms with Crippen LogP contribution in [0.5, 0.6) is 0 Å². The number of rotatable bonds is 5. The van der Waals surface area contributed by atoms with Gasteiger partial charge >= 0.3 is 6.03 Å². The fourth-order valence-corrected chi connectivity index (χ4v) is 4.28. The topological polar surface area (TPSA) is 81.8 Å². The second-order valence-electron chi connectivity index (χ2n) is 8.30. The average Bonchev–Trinajstić information content (AvgIpc) is 3.23. The SMILES string of the molecule is O=C(NCC1CCCN(C(=O)c2ccc(N3CCCC3=O)cc2)C1)Nc1cccc(F)c1. The number of anilines is 2. The van der Waals surface area contributed by atoms with Gasteiger partial charge < -0.3 is 20.4 Å². The summed E-state index contributed by atoms with van der Waals surface area (Å²) in [6.07, 6.45) is 3.22. The van der Waals surface area contributed by atoms with Gasteiger partial charge in [-0.05, 0) is 67.6 Å². The lowest BCUT2D eigenvalue weighted by atomic mass is 9.97. The normalized spacial score (nSPS) is 18.5. The maximum absolute atomic E-state index is 13.2. The number of amides is 4. The first-order valence-electron chi connectivity index (χ1n) is 11.0. The molecule has 2 aromatic carbocycles. The van der Waals surface area contributed by atoms with Crippen molar-refractivity contribution in [3.63, 3.8) is 0 Å². The summed E-state index contributed by atoms with van der Waals surface area (Å²) in [4.78, 5) is 40.6. The summed E-state index contributed by atoms with van der Waals surface area (Å²) in [5.74, 6) is -0.188. The third-order valence-corrected chi connectivity index (χ3v) is 5.94. The summed E-state index contributed by atoms with van der Waals surface area (Å²) in [6, 6.07) is 12.5. The van der Waals surface area contributed by atoms with Crippen molar-refractivity contribution in [1.29, 1.82) is 0 Å². The number of piperidine rings is 1. The molecule has 2 heterocycles. The van der Waals surface area contributed by atoms with Crippen LogP contribution in [0.4, 0.5) is 20.6 Å². The molecule has 2 N–H and O–H groups in total. The van der Waals surface area contributed by atoms with E-state index < -0.39 is 11.8 Å². The molecule has 7 nitrogen and oxygen atoms in total. The minimum atomic E-state index is -0.413. The Bertz CT molecular complexity index is 995. The van der Waals surface area contributed by atoms with Crippen LogP contribution in [-0.4, -0.2) is 48.9 Å². The van der Waals surface area contributed by atoms with Crippen LogP contribution in [0.1, 0.15) is 36.0 Å². The van der Waals surface area contributed by atoms with Crippen molar-refractivity contribution in [2.75, 3.05) is 36.4 Å². The summed E-state index contributed by atoms with van der Waals surface area (Å²) in [5, 5.41) is 5.43. The van der Waals surface area contributed by atoms with E-state index in [1.54, 1.807) is 23.1 Å². The highest BCUT2D eigenvalue weighted by molar-refractivity contribution is 5.97. The van der Waals surface area contributed by atoms with Crippen molar-refractivity contribution < 1.29 is 18.8 Å². The Morgan fingerprint density at radius 3 is 2.59 bits per heavy atom. The summed E-state index contributed by atoms with van der Waals surface area (Å²) < 4.78 is 13.2. The zero-order chi connectivity index (χ0) is 22.5. The lowest BCUT2D eigenvalue weighted by molar-refractivity contribution is -0.117. The van der Waals surface area contributed by atoms with Gasteiger partial charge in [-0.2, -0.15) is 0 Å². The number of likely N-dealkylation sites (tertiary alicyclic amines) is 1. The van der Waals surface area contributed by atoms with Crippen LogP contribution in [0.2, 0.25) is 0 Å². The zero-order valence-corrected chi connectivity index (χ0v) is 17.9. The summed E-state index contributed by atoms with van der Waals surface area (Å²) in [6.45, 7) is 2.39. The van der Waals surface area contributed by atoms with Crippen molar-refractivity contribution in [2.24, 2.45) is 5.92 Å². The Kier molecular flexibility index (Phi) is 6.68. The molecule has 2 aliphatic rings. The third kappa shape index (κ3) is 5.25. The Morgan fingerprint density at radius 2 is 1.88 bits per heavy atom. The standard InChI is InChI=1S/C24H27FN4O3/c25-19-5-1-6-20(14-19)27-24(32)26-15-17-4-2-12-28(16-17)23(31)18-8-10-21(11-9-18)29-13-3-7-22(29)30/h1,5-6,8-11,14,17H,2-4,7,12-13,15-16H2,(H2,26,27,32). The molecule has 8 heteroatoms. The molecule has 2 saturated heterocycles. The molecule has 4 rings (SSSR count). The molecule has 1 atom stereocenters. The third-order valence-electron chi connectivity index (χ3n) is 5.94. The van der Waals surface area contributed by atoms with E-state index in [1.165, 1.54) is 18.2 Å². The highest BCUT2D eigenvalue weighted by atomic mass is 19.1. The van der Waals surface area contributed by atoms with Gasteiger partial charge in [0.25, 0.3) is 5.91 Å². The first-order chi connectivity index (χ1) is 15.5. The van der Waals surface area contributed by atoms with E-state index in [2.05, 4.69) is 10.6 Å². The maximum Gasteiger partial charge on any atom is 0.319 e. The van der Waals surface area contributed by atoms with Gasteiger partial charge in [-0.25, -0.2) is 9.18 Å². The van der Waals surface area contributed by atoms with Gasteiger partial charge in [-0.15, -0.1) is 0 Å². The second kappa shape index (κ2) is 9.80. The Morgan fingerprint density at radius 1 is 1.06 bits per heavy atom. The highest BCUT2D eigenvalue weighted by Gasteiger charge is 2.26. The maximum atomic E-state index is 13.2. The summed E-state index contributed by atoms with van der Waals surface area (Å²) >= 11 is 0. The zero-order valence-electron chi connectivity index (χ0n) is 17.9. The molecule has 168 valence electrons. The second-order valence-corrected chi connectivity index (χ2v) is 8.30. The molecule has 0 saturated carbocycles. The number of benzene rings is 2. The van der Waals surface area contributed by atoms with Crippen LogP contribution in [0.25, 0.3) is 0 Å². The number of hydrogen-bond donors (Lipinski definition) is 2. The highest BCUT2D eigenvalue weighted by Crippen LogP contribution is 2.23. The van der Waals surface area contributed by atoms with E-state index in [0.29, 0.717) is 37.3 Å². The predicted octanol–water partition coefficient (Wildman–Crippen LogP) is 3.63. The largest absolute Gasteiger partial charge is 0.338 e. The summed E-state index contributed by atoms with van der Waals surface area (Å²) in [7, 11) is 0. The fourth-order valence-electron chi connectivity index (χ4n) is 4.28. The molecule has 0 aromatic heterocycles. The van der Waals surface area contributed by atoms with E-state index in [-0.39, 0.29) is 17.7 Å². The fraction of sp³-hybridized carbons (Fsp3) is 0.375. The minimum Gasteiger partial charge on any atom is -0.338 e. The molecule has 0 aliphatic carbocycles. The molecule has 0 bridgehead atoms. The van der Waals surface area contributed by atoms with Gasteiger partial charge in [0.05, 0.1) is 0 Å². The van der Waals surface area contributed by atoms with Crippen LogP contribution >= 0.6 is 0 Å². The number of urea groups is 1. The van der Waals surface area contributed by atoms with Gasteiger partial charge in [0, 0.05) is 49.5 Å². The molecule has 0 radical (unpaired) electrons. The number of halogens is 1. The monoisotopic (exact) mass is 438 g/mol. The number of nitrogens with one attached hydrogen (secondary N) is 2. The van der Waals surface area contributed by atoms with Crippen molar-refractivity contribution >= 4 is 29.2 Å². The van der Waals surface area contributed by atoms with Crippen LogP contribution in [0.3, 0.4) is 0 Å². The van der Waals surface area contributed by atoms with E-state index >= 15 is 0 Å². The number of hydrogen-bond acceptors (Lipinski definition) is 3. The first kappa shape index (κ1) is 21.8. The van der Waals surface area contributed by atoms with Crippen LogP contribution < -0.4 is 15.5 Å². The predicted molar refractivity (Wildman–Crippen MR) is 120 cm³/mol. The molecule has 4 amide bonds. The minimum absolute atomic E-state index is 0.0433. The molecule has 2 fully saturated rings. The average molecular weight is 439 g/mol. The van der Waals surface area contributed by atoms with Gasteiger partial charge in [0.1, 0.15) is 5.82 Å². The van der Waals surface area contributed by atoms with Gasteiger partial charge in [-0.1, -0.05) is 6.07 Å². The lowest BCUT2D eigenvalue weighted by Crippen LogP contribution is -2.44. The lowest BCUT2D eigenvalue weighted by Gasteiger charge is -2.33. The molecule has 32 heavy (non-hydrogen) atoms. The Balaban J connectivity index is 1.29. The number of nitrogens with zero attached hydrogens (tertiary/aromatic N) is 2. The van der Waals surface area contributed by atoms with Gasteiger partial charge in [-0.3, -0.25) is 9.59 Å². The van der Waals surface area contributed by atoms with E-state index in [4.69, 9.17) is 0 Å². The molecular formula is C24H27FN4O3. The van der Waals surface area contributed by atoms with E-state index in [0.717, 1.165) is 31.5 Å². The van der Waals surface area contributed by atoms with Crippen LogP contribution in [-0.2, 0) is 4.79 Å². The summed E-state index contributed by atoms with van der Waals surface area (Å²) in [5.41, 5.74) is 1.81. The van der Waals surface area contributed by atoms with Crippen LogP contribution in [0, 0.1) is 11.7 Å². The van der Waals surface area contributed by atoms with Crippen molar-refractivity contribution in [2.45, 2.75) is 25.7 Å². The molecular weight excluding hydrogens is 411 g/mol. The van der Waals surface area contributed by atoms with Gasteiger partial charge in [0.2, 0.25) is 5.91 Å². The van der Waals surface area contributed by atoms with E-state index in [9.17, 15) is 18.8 Å². The number of carbonyl (C=O) groups is 3. The van der Waals surface area contributed by atoms with Gasteiger partial charge in [0.15, 0.2) is 0 Å². The van der Waals surface area contributed by atoms with E-state index in [1.807, 2.05) is 17.0 Å². The molecule has 1 unspecified atom stereocenters. The molecule has 0 spiro atoms. The molecule has 2 aliphatic heterocycles. The quantitative estimate of drug-likeness (QED) is 0.748. The Labute approximate surface area is 186 Å². The van der Waals surface area contributed by atoms with Crippen molar-refractivity contribution in [3.05, 3.63) is 59.9 Å². The van der Waals surface area contributed by atoms with Crippen molar-refractivity contribution in [3.8, 4) is 0 Å². The number of carbonyl (C=O) groups excluding carboxylic acids is 3.